The first-order chi connectivity index (χ1) is 8.13. The predicted octanol–water partition coefficient (Wildman–Crippen LogP) is 3.96. The van der Waals surface area contributed by atoms with Gasteiger partial charge in [-0.3, -0.25) is 0 Å². The van der Waals surface area contributed by atoms with Crippen LogP contribution < -0.4 is 5.32 Å². The minimum Gasteiger partial charge on any atom is -0.311 e. The maximum atomic E-state index is 13.2. The minimum absolute atomic E-state index is 0.181. The molecule has 1 fully saturated rings. The zero-order valence-corrected chi connectivity index (χ0v) is 12.3. The average molecular weight is 318 g/mol. The molecule has 1 aliphatic carbocycles. The van der Waals surface area contributed by atoms with Crippen molar-refractivity contribution in [3.8, 4) is 0 Å². The molecule has 1 N–H and O–H groups in total. The van der Waals surface area contributed by atoms with Crippen molar-refractivity contribution in [2.24, 2.45) is 0 Å². The van der Waals surface area contributed by atoms with E-state index in [1.165, 1.54) is 25.3 Å². The topological polar surface area (TPSA) is 12.0 Å². The molecule has 2 rings (SSSR count). The summed E-state index contributed by atoms with van der Waals surface area (Å²) in [6.45, 7) is 1.75. The molecule has 0 amide bonds. The molecule has 94 valence electrons. The molecule has 0 radical (unpaired) electrons. The summed E-state index contributed by atoms with van der Waals surface area (Å²) in [4.78, 5) is 0. The van der Waals surface area contributed by atoms with Crippen molar-refractivity contribution in [1.29, 1.82) is 0 Å². The lowest BCUT2D eigenvalue weighted by molar-refractivity contribution is 0.345. The van der Waals surface area contributed by atoms with Crippen molar-refractivity contribution in [2.75, 3.05) is 12.8 Å². The second kappa shape index (κ2) is 5.72. The molecule has 4 heteroatoms. The Labute approximate surface area is 115 Å². The average Bonchev–Trinajstić information content (AvgIpc) is 2.20. The van der Waals surface area contributed by atoms with Crippen LogP contribution in [0.15, 0.2) is 22.7 Å². The molecule has 0 aliphatic heterocycles. The van der Waals surface area contributed by atoms with Crippen LogP contribution in [0.2, 0.25) is 0 Å². The Bertz CT molecular complexity index is 367. The van der Waals surface area contributed by atoms with Crippen LogP contribution in [-0.4, -0.2) is 17.5 Å². The van der Waals surface area contributed by atoms with Crippen LogP contribution in [0.4, 0.5) is 4.39 Å². The fourth-order valence-corrected chi connectivity index (χ4v) is 3.63. The summed E-state index contributed by atoms with van der Waals surface area (Å²) < 4.78 is 14.4. The van der Waals surface area contributed by atoms with Gasteiger partial charge in [0.05, 0.1) is 0 Å². The van der Waals surface area contributed by atoms with Crippen LogP contribution in [0.25, 0.3) is 0 Å². The van der Waals surface area contributed by atoms with Crippen LogP contribution in [0.3, 0.4) is 0 Å². The molecule has 0 unspecified atom stereocenters. The number of nitrogens with one attached hydrogen (secondary N) is 1. The summed E-state index contributed by atoms with van der Waals surface area (Å²) in [5.74, 6) is -0.181. The predicted molar refractivity (Wildman–Crippen MR) is 75.9 cm³/mol. The van der Waals surface area contributed by atoms with E-state index in [1.807, 2.05) is 17.8 Å². The van der Waals surface area contributed by atoms with Gasteiger partial charge in [0, 0.05) is 22.3 Å². The van der Waals surface area contributed by atoms with Gasteiger partial charge in [-0.1, -0.05) is 22.4 Å². The molecule has 1 nitrogen and oxygen atoms in total. The maximum Gasteiger partial charge on any atom is 0.124 e. The molecule has 1 saturated carbocycles. The number of hydrogen-bond acceptors (Lipinski definition) is 2. The third-order valence-corrected chi connectivity index (χ3v) is 5.27. The monoisotopic (exact) mass is 317 g/mol. The molecule has 0 aromatic heterocycles. The van der Waals surface area contributed by atoms with Crippen molar-refractivity contribution in [2.45, 2.75) is 30.6 Å². The Kier molecular flexibility index (Phi) is 4.50. The Balaban J connectivity index is 1.85. The molecule has 1 aromatic carbocycles. The van der Waals surface area contributed by atoms with Gasteiger partial charge in [0.15, 0.2) is 0 Å². The summed E-state index contributed by atoms with van der Waals surface area (Å²) >= 11 is 5.27. The Morgan fingerprint density at radius 1 is 1.41 bits per heavy atom. The highest BCUT2D eigenvalue weighted by molar-refractivity contribution is 9.10. The summed E-state index contributed by atoms with van der Waals surface area (Å²) in [6, 6.07) is 5.03. The lowest BCUT2D eigenvalue weighted by atomic mass is 9.84. The number of benzene rings is 1. The van der Waals surface area contributed by atoms with Gasteiger partial charge in [-0.2, -0.15) is 11.8 Å². The van der Waals surface area contributed by atoms with Crippen molar-refractivity contribution in [1.82, 2.24) is 5.32 Å². The fraction of sp³-hybridized carbons (Fsp3) is 0.538. The van der Waals surface area contributed by atoms with Crippen LogP contribution >= 0.6 is 27.7 Å². The van der Waals surface area contributed by atoms with Gasteiger partial charge in [-0.05, 0) is 42.9 Å². The van der Waals surface area contributed by atoms with Crippen LogP contribution in [-0.2, 0) is 6.54 Å². The maximum absolute atomic E-state index is 13.2. The van der Waals surface area contributed by atoms with Gasteiger partial charge < -0.3 is 5.32 Å². The van der Waals surface area contributed by atoms with E-state index in [0.717, 1.165) is 23.1 Å². The molecular formula is C13H17BrFNS. The molecule has 17 heavy (non-hydrogen) atoms. The molecule has 0 bridgehead atoms. The molecule has 0 heterocycles. The van der Waals surface area contributed by atoms with E-state index in [1.54, 1.807) is 6.07 Å². The fourth-order valence-electron chi connectivity index (χ4n) is 2.17. The number of halogens is 2. The third kappa shape index (κ3) is 3.46. The lowest BCUT2D eigenvalue weighted by Crippen LogP contribution is -2.43. The van der Waals surface area contributed by atoms with E-state index in [9.17, 15) is 4.39 Å². The first-order valence-corrected chi connectivity index (χ1v) is 7.86. The molecule has 1 aromatic rings. The van der Waals surface area contributed by atoms with Gasteiger partial charge in [-0.25, -0.2) is 4.39 Å². The Morgan fingerprint density at radius 3 is 2.71 bits per heavy atom. The molecule has 0 spiro atoms. The van der Waals surface area contributed by atoms with Crippen molar-refractivity contribution < 1.29 is 4.39 Å². The summed E-state index contributed by atoms with van der Waals surface area (Å²) in [5.41, 5.74) is 0.993. The lowest BCUT2D eigenvalue weighted by Gasteiger charge is -2.40. The second-order valence-electron chi connectivity index (χ2n) is 4.62. The van der Waals surface area contributed by atoms with Crippen molar-refractivity contribution in [3.63, 3.8) is 0 Å². The number of rotatable bonds is 5. The Hall–Kier alpha value is -0.0600. The summed E-state index contributed by atoms with van der Waals surface area (Å²) in [7, 11) is 0. The number of thioether (sulfide) groups is 1. The van der Waals surface area contributed by atoms with Crippen molar-refractivity contribution in [3.05, 3.63) is 34.1 Å². The van der Waals surface area contributed by atoms with Crippen LogP contribution in [0, 0.1) is 5.82 Å². The van der Waals surface area contributed by atoms with E-state index in [0.29, 0.717) is 4.75 Å². The zero-order chi connectivity index (χ0) is 12.3. The van der Waals surface area contributed by atoms with Gasteiger partial charge in [-0.15, -0.1) is 0 Å². The second-order valence-corrected chi connectivity index (χ2v) is 6.81. The molecular weight excluding hydrogens is 301 g/mol. The quantitative estimate of drug-likeness (QED) is 0.882. The van der Waals surface area contributed by atoms with E-state index in [-0.39, 0.29) is 5.82 Å². The molecule has 0 saturated heterocycles. The minimum atomic E-state index is -0.181. The summed E-state index contributed by atoms with van der Waals surface area (Å²) in [5, 5.41) is 3.44. The largest absolute Gasteiger partial charge is 0.311 e. The van der Waals surface area contributed by atoms with E-state index < -0.39 is 0 Å². The highest BCUT2D eigenvalue weighted by Gasteiger charge is 2.35. The highest BCUT2D eigenvalue weighted by Crippen LogP contribution is 2.42. The first-order valence-electron chi connectivity index (χ1n) is 5.84. The van der Waals surface area contributed by atoms with E-state index in [2.05, 4.69) is 27.5 Å². The molecule has 0 atom stereocenters. The van der Waals surface area contributed by atoms with Crippen LogP contribution in [0.1, 0.15) is 24.8 Å². The molecule has 1 aliphatic rings. The Morgan fingerprint density at radius 2 is 2.18 bits per heavy atom. The van der Waals surface area contributed by atoms with E-state index in [4.69, 9.17) is 0 Å². The van der Waals surface area contributed by atoms with Gasteiger partial charge in [0.2, 0.25) is 0 Å². The normalized spacial score (nSPS) is 17.8. The van der Waals surface area contributed by atoms with Gasteiger partial charge in [0.1, 0.15) is 5.82 Å². The highest BCUT2D eigenvalue weighted by atomic mass is 79.9. The zero-order valence-electron chi connectivity index (χ0n) is 9.93. The van der Waals surface area contributed by atoms with Crippen molar-refractivity contribution >= 4 is 27.7 Å². The SMILES string of the molecule is CSC1(CNCc2cc(F)cc(Br)c2)CCC1. The smallest absolute Gasteiger partial charge is 0.124 e. The first kappa shape index (κ1) is 13.4. The standard InChI is InChI=1S/C13H17BrFNS/c1-17-13(3-2-4-13)9-16-8-10-5-11(14)7-12(15)6-10/h5-7,16H,2-4,8-9H2,1H3. The summed E-state index contributed by atoms with van der Waals surface area (Å²) in [6.07, 6.45) is 6.12. The number of hydrogen-bond donors (Lipinski definition) is 1. The third-order valence-electron chi connectivity index (χ3n) is 3.40. The van der Waals surface area contributed by atoms with Gasteiger partial charge in [0.25, 0.3) is 0 Å². The van der Waals surface area contributed by atoms with Crippen LogP contribution in [0.5, 0.6) is 0 Å². The van der Waals surface area contributed by atoms with Gasteiger partial charge >= 0.3 is 0 Å². The van der Waals surface area contributed by atoms with E-state index >= 15 is 0 Å².